The van der Waals surface area contributed by atoms with E-state index >= 15 is 0 Å². The predicted molar refractivity (Wildman–Crippen MR) is 32.6 cm³/mol. The fraction of sp³-hybridized carbons (Fsp3) is 1.00. The fourth-order valence-corrected chi connectivity index (χ4v) is 1.02. The van der Waals surface area contributed by atoms with Crippen LogP contribution in [-0.2, 0) is 4.74 Å². The smallest absolute Gasteiger partial charge is 0.0724 e. The Morgan fingerprint density at radius 1 is 1.75 bits per heavy atom. The molecule has 0 aromatic carbocycles. The molecule has 0 saturated carbocycles. The molecular weight excluding hydrogens is 102 g/mol. The number of hydrogen-bond acceptors (Lipinski definition) is 2. The van der Waals surface area contributed by atoms with Crippen LogP contribution in [0.3, 0.4) is 0 Å². The van der Waals surface area contributed by atoms with Crippen LogP contribution in [0.5, 0.6) is 0 Å². The zero-order chi connectivity index (χ0) is 5.98. The minimum absolute atomic E-state index is 0.220. The Balaban J connectivity index is 2.24. The van der Waals surface area contributed by atoms with E-state index in [0.717, 1.165) is 13.0 Å². The van der Waals surface area contributed by atoms with Gasteiger partial charge in [0.15, 0.2) is 0 Å². The van der Waals surface area contributed by atoms with E-state index in [1.54, 1.807) is 0 Å². The Bertz CT molecular complexity index is 66.9. The molecule has 2 unspecified atom stereocenters. The van der Waals surface area contributed by atoms with Crippen molar-refractivity contribution in [3.63, 3.8) is 0 Å². The minimum Gasteiger partial charge on any atom is -0.377 e. The van der Waals surface area contributed by atoms with Crippen molar-refractivity contribution in [1.82, 2.24) is 0 Å². The highest BCUT2D eigenvalue weighted by Crippen LogP contribution is 2.13. The van der Waals surface area contributed by atoms with Gasteiger partial charge in [0, 0.05) is 12.6 Å². The molecule has 2 N–H and O–H groups in total. The molecule has 48 valence electrons. The van der Waals surface area contributed by atoms with Crippen LogP contribution in [-0.4, -0.2) is 18.8 Å². The third-order valence-corrected chi connectivity index (χ3v) is 1.55. The first-order valence-corrected chi connectivity index (χ1v) is 3.18. The average Bonchev–Trinajstić information content (AvgIpc) is 2.12. The largest absolute Gasteiger partial charge is 0.377 e. The summed E-state index contributed by atoms with van der Waals surface area (Å²) in [6, 6.07) is 0.220. The Hall–Kier alpha value is -0.0800. The summed E-state index contributed by atoms with van der Waals surface area (Å²) >= 11 is 0. The van der Waals surface area contributed by atoms with Crippen molar-refractivity contribution in [2.45, 2.75) is 31.9 Å². The molecule has 0 amide bonds. The number of ether oxygens (including phenoxy) is 1. The highest BCUT2D eigenvalue weighted by Gasteiger charge is 2.18. The lowest BCUT2D eigenvalue weighted by molar-refractivity contribution is 0.0947. The lowest BCUT2D eigenvalue weighted by atomic mass is 10.1. The van der Waals surface area contributed by atoms with Gasteiger partial charge >= 0.3 is 0 Å². The topological polar surface area (TPSA) is 35.2 Å². The molecule has 1 aliphatic rings. The van der Waals surface area contributed by atoms with Crippen LogP contribution in [0.2, 0.25) is 0 Å². The Kier molecular flexibility index (Phi) is 1.86. The van der Waals surface area contributed by atoms with E-state index < -0.39 is 0 Å². The Morgan fingerprint density at radius 2 is 2.50 bits per heavy atom. The van der Waals surface area contributed by atoms with Crippen molar-refractivity contribution < 1.29 is 4.74 Å². The van der Waals surface area contributed by atoms with Crippen molar-refractivity contribution in [3.05, 3.63) is 0 Å². The van der Waals surface area contributed by atoms with Gasteiger partial charge in [0.05, 0.1) is 6.10 Å². The normalized spacial score (nSPS) is 33.0. The van der Waals surface area contributed by atoms with Gasteiger partial charge in [-0.15, -0.1) is 0 Å². The van der Waals surface area contributed by atoms with Crippen molar-refractivity contribution in [2.75, 3.05) is 6.61 Å². The van der Waals surface area contributed by atoms with Crippen LogP contribution < -0.4 is 5.73 Å². The molecule has 1 saturated heterocycles. The van der Waals surface area contributed by atoms with E-state index in [2.05, 4.69) is 0 Å². The maximum absolute atomic E-state index is 5.57. The molecule has 2 heteroatoms. The van der Waals surface area contributed by atoms with Gasteiger partial charge in [-0.3, -0.25) is 0 Å². The van der Waals surface area contributed by atoms with Crippen LogP contribution in [0.25, 0.3) is 0 Å². The average molecular weight is 115 g/mol. The molecule has 0 aliphatic carbocycles. The zero-order valence-electron chi connectivity index (χ0n) is 5.26. The molecular formula is C6H13NO. The molecule has 2 nitrogen and oxygen atoms in total. The number of nitrogens with two attached hydrogens (primary N) is 1. The first-order valence-electron chi connectivity index (χ1n) is 3.18. The van der Waals surface area contributed by atoms with E-state index in [4.69, 9.17) is 10.5 Å². The summed E-state index contributed by atoms with van der Waals surface area (Å²) in [6.07, 6.45) is 2.68. The monoisotopic (exact) mass is 115 g/mol. The van der Waals surface area contributed by atoms with Crippen molar-refractivity contribution >= 4 is 0 Å². The second-order valence-corrected chi connectivity index (χ2v) is 2.41. The van der Waals surface area contributed by atoms with Gasteiger partial charge in [0.25, 0.3) is 0 Å². The lowest BCUT2D eigenvalue weighted by Gasteiger charge is -2.11. The predicted octanol–water partition coefficient (Wildman–Crippen LogP) is 0.513. The maximum Gasteiger partial charge on any atom is 0.0724 e. The van der Waals surface area contributed by atoms with Crippen LogP contribution in [0.4, 0.5) is 0 Å². The van der Waals surface area contributed by atoms with E-state index in [-0.39, 0.29) is 6.04 Å². The van der Waals surface area contributed by atoms with Crippen LogP contribution >= 0.6 is 0 Å². The van der Waals surface area contributed by atoms with E-state index in [9.17, 15) is 0 Å². The van der Waals surface area contributed by atoms with Gasteiger partial charge in [-0.25, -0.2) is 0 Å². The van der Waals surface area contributed by atoms with Gasteiger partial charge in [0.1, 0.15) is 0 Å². The molecule has 1 aliphatic heterocycles. The highest BCUT2D eigenvalue weighted by atomic mass is 16.5. The summed E-state index contributed by atoms with van der Waals surface area (Å²) in [4.78, 5) is 0. The summed E-state index contributed by atoms with van der Waals surface area (Å²) in [5.41, 5.74) is 5.57. The van der Waals surface area contributed by atoms with E-state index in [0.29, 0.717) is 6.10 Å². The van der Waals surface area contributed by atoms with Gasteiger partial charge < -0.3 is 10.5 Å². The molecule has 0 aromatic rings. The van der Waals surface area contributed by atoms with Gasteiger partial charge in [-0.2, -0.15) is 0 Å². The van der Waals surface area contributed by atoms with Crippen LogP contribution in [0.15, 0.2) is 0 Å². The minimum atomic E-state index is 0.220. The van der Waals surface area contributed by atoms with E-state index in [1.807, 2.05) is 6.92 Å². The summed E-state index contributed by atoms with van der Waals surface area (Å²) in [6.45, 7) is 2.90. The standard InChI is InChI=1S/C6H13NO/c1-5(7)6-3-2-4-8-6/h5-6H,2-4,7H2,1H3. The molecule has 1 rings (SSSR count). The van der Waals surface area contributed by atoms with Gasteiger partial charge in [0.2, 0.25) is 0 Å². The van der Waals surface area contributed by atoms with Crippen LogP contribution in [0, 0.1) is 0 Å². The lowest BCUT2D eigenvalue weighted by Crippen LogP contribution is -2.30. The van der Waals surface area contributed by atoms with Crippen molar-refractivity contribution in [1.29, 1.82) is 0 Å². The van der Waals surface area contributed by atoms with Gasteiger partial charge in [-0.05, 0) is 19.8 Å². The second kappa shape index (κ2) is 2.46. The highest BCUT2D eigenvalue weighted by molar-refractivity contribution is 4.72. The van der Waals surface area contributed by atoms with Crippen molar-refractivity contribution in [3.8, 4) is 0 Å². The molecule has 8 heavy (non-hydrogen) atoms. The molecule has 0 bridgehead atoms. The van der Waals surface area contributed by atoms with E-state index in [1.165, 1.54) is 6.42 Å². The maximum atomic E-state index is 5.57. The third-order valence-electron chi connectivity index (χ3n) is 1.55. The van der Waals surface area contributed by atoms with Crippen LogP contribution in [0.1, 0.15) is 19.8 Å². The quantitative estimate of drug-likeness (QED) is 0.540. The molecule has 0 spiro atoms. The zero-order valence-corrected chi connectivity index (χ0v) is 5.26. The third kappa shape index (κ3) is 1.20. The molecule has 0 radical (unpaired) electrons. The Morgan fingerprint density at radius 3 is 2.75 bits per heavy atom. The SMILES string of the molecule is CC(N)C1CCCO1. The number of hydrogen-bond donors (Lipinski definition) is 1. The first-order chi connectivity index (χ1) is 3.80. The summed E-state index contributed by atoms with van der Waals surface area (Å²) < 4.78 is 5.29. The second-order valence-electron chi connectivity index (χ2n) is 2.41. The molecule has 1 heterocycles. The first kappa shape index (κ1) is 6.05. The molecule has 1 fully saturated rings. The number of rotatable bonds is 1. The summed E-state index contributed by atoms with van der Waals surface area (Å²) in [7, 11) is 0. The van der Waals surface area contributed by atoms with Crippen molar-refractivity contribution in [2.24, 2.45) is 5.73 Å². The molecule has 2 atom stereocenters. The molecule has 0 aromatic heterocycles. The fourth-order valence-electron chi connectivity index (χ4n) is 1.02. The van der Waals surface area contributed by atoms with Gasteiger partial charge in [-0.1, -0.05) is 0 Å². The summed E-state index contributed by atoms with van der Waals surface area (Å²) in [5, 5.41) is 0. The Labute approximate surface area is 50.0 Å². The summed E-state index contributed by atoms with van der Waals surface area (Å²) in [5.74, 6) is 0.